The van der Waals surface area contributed by atoms with Gasteiger partial charge in [0, 0.05) is 15.8 Å². The van der Waals surface area contributed by atoms with Crippen molar-refractivity contribution in [3.63, 3.8) is 0 Å². The molecule has 4 nitrogen and oxygen atoms in total. The fourth-order valence-corrected chi connectivity index (χ4v) is 3.39. The molecule has 1 aromatic heterocycles. The van der Waals surface area contributed by atoms with Gasteiger partial charge in [-0.15, -0.1) is 11.8 Å². The molecule has 0 spiro atoms. The van der Waals surface area contributed by atoms with Gasteiger partial charge < -0.3 is 0 Å². The number of benzene rings is 2. The molecule has 2 aromatic carbocycles. The molecule has 0 aliphatic rings. The second-order valence-electron chi connectivity index (χ2n) is 5.93. The first-order valence-corrected chi connectivity index (χ1v) is 10.5. The van der Waals surface area contributed by atoms with Crippen LogP contribution in [0.2, 0.25) is 0 Å². The van der Waals surface area contributed by atoms with Crippen LogP contribution in [0.25, 0.3) is 10.9 Å². The fraction of sp³-hybridized carbons (Fsp3) is 0.250. The Morgan fingerprint density at radius 2 is 2.00 bits per heavy atom. The Kier molecular flexibility index (Phi) is 6.27. The molecule has 1 heterocycles. The maximum absolute atomic E-state index is 13.0. The number of rotatable bonds is 6. The van der Waals surface area contributed by atoms with E-state index in [1.807, 2.05) is 42.7 Å². The van der Waals surface area contributed by atoms with E-state index >= 15 is 0 Å². The lowest BCUT2D eigenvalue weighted by molar-refractivity contribution is 0.675. The van der Waals surface area contributed by atoms with Gasteiger partial charge in [-0.1, -0.05) is 41.4 Å². The van der Waals surface area contributed by atoms with Crippen molar-refractivity contribution in [3.8, 4) is 0 Å². The molecule has 0 N–H and O–H groups in total. The highest BCUT2D eigenvalue weighted by atomic mass is 79.9. The van der Waals surface area contributed by atoms with E-state index in [0.29, 0.717) is 16.7 Å². The van der Waals surface area contributed by atoms with Gasteiger partial charge >= 0.3 is 0 Å². The Balaban J connectivity index is 2.07. The number of fused-ring (bicyclic) bond motifs is 1. The first-order valence-electron chi connectivity index (χ1n) is 8.52. The Hall–Kier alpha value is -1.92. The van der Waals surface area contributed by atoms with Crippen molar-refractivity contribution >= 4 is 44.8 Å². The zero-order valence-corrected chi connectivity index (χ0v) is 17.2. The lowest BCUT2D eigenvalue weighted by Crippen LogP contribution is -2.22. The number of nitrogens with zero attached hydrogens (tertiary/aromatic N) is 3. The van der Waals surface area contributed by atoms with E-state index in [2.05, 4.69) is 32.9 Å². The minimum absolute atomic E-state index is 0.139. The highest BCUT2D eigenvalue weighted by Crippen LogP contribution is 2.17. The lowest BCUT2D eigenvalue weighted by atomic mass is 10.2. The molecule has 0 bridgehead atoms. The summed E-state index contributed by atoms with van der Waals surface area (Å²) in [7, 11) is 0. The quantitative estimate of drug-likeness (QED) is 0.404. The predicted molar refractivity (Wildman–Crippen MR) is 114 cm³/mol. The third-order valence-corrected chi connectivity index (χ3v) is 5.30. The van der Waals surface area contributed by atoms with Gasteiger partial charge in [0.2, 0.25) is 0 Å². The van der Waals surface area contributed by atoms with E-state index in [-0.39, 0.29) is 5.56 Å². The molecular formula is C20H20BrN3OS. The van der Waals surface area contributed by atoms with Crippen LogP contribution in [0.15, 0.2) is 61.7 Å². The van der Waals surface area contributed by atoms with Crippen LogP contribution >= 0.6 is 27.7 Å². The fourth-order valence-electron chi connectivity index (χ4n) is 2.62. The van der Waals surface area contributed by atoms with Crippen LogP contribution < -0.4 is 5.56 Å². The minimum Gasteiger partial charge on any atom is -0.267 e. The number of hydrogen-bond donors (Lipinski definition) is 0. The van der Waals surface area contributed by atoms with Gasteiger partial charge in [0.05, 0.1) is 17.1 Å². The van der Waals surface area contributed by atoms with E-state index in [9.17, 15) is 4.79 Å². The maximum atomic E-state index is 13.0. The molecule has 3 aromatic rings. The van der Waals surface area contributed by atoms with Crippen molar-refractivity contribution in [3.05, 3.63) is 68.7 Å². The van der Waals surface area contributed by atoms with E-state index in [1.54, 1.807) is 24.0 Å². The van der Waals surface area contributed by atoms with Crippen LogP contribution in [0.4, 0.5) is 0 Å². The second-order valence-corrected chi connectivity index (χ2v) is 7.72. The van der Waals surface area contributed by atoms with Crippen molar-refractivity contribution in [2.24, 2.45) is 5.10 Å². The number of aromatic nitrogens is 2. The Bertz CT molecular complexity index is 996. The minimum atomic E-state index is -0.139. The molecular weight excluding hydrogens is 410 g/mol. The van der Waals surface area contributed by atoms with Gasteiger partial charge in [0.25, 0.3) is 5.56 Å². The van der Waals surface area contributed by atoms with Crippen molar-refractivity contribution in [2.75, 3.05) is 6.26 Å². The molecule has 0 saturated carbocycles. The first-order chi connectivity index (χ1) is 12.6. The van der Waals surface area contributed by atoms with Crippen LogP contribution in [0.3, 0.4) is 0 Å². The van der Waals surface area contributed by atoms with Gasteiger partial charge in [0.15, 0.2) is 0 Å². The number of thioether (sulfide) groups is 1. The standard InChI is InChI=1S/C20H20BrN3OS/c1-3-4-5-19-23-18-11-8-15(21)12-17(18)20(25)24(19)22-13-14-6-9-16(26-2)10-7-14/h6-13H,3-5H2,1-2H3. The molecule has 26 heavy (non-hydrogen) atoms. The van der Waals surface area contributed by atoms with Crippen molar-refractivity contribution in [2.45, 2.75) is 31.1 Å². The normalized spacial score (nSPS) is 11.5. The van der Waals surface area contributed by atoms with Gasteiger partial charge in [-0.3, -0.25) is 4.79 Å². The molecule has 0 unspecified atom stereocenters. The SMILES string of the molecule is CCCCc1nc2ccc(Br)cc2c(=O)n1N=Cc1ccc(SC)cc1. The van der Waals surface area contributed by atoms with Crippen molar-refractivity contribution in [1.82, 2.24) is 9.66 Å². The van der Waals surface area contributed by atoms with Crippen LogP contribution in [0.1, 0.15) is 31.2 Å². The van der Waals surface area contributed by atoms with Gasteiger partial charge in [-0.25, -0.2) is 4.98 Å². The molecule has 0 radical (unpaired) electrons. The molecule has 0 amide bonds. The lowest BCUT2D eigenvalue weighted by Gasteiger charge is -2.09. The zero-order valence-electron chi connectivity index (χ0n) is 14.8. The van der Waals surface area contributed by atoms with Crippen LogP contribution in [0.5, 0.6) is 0 Å². The largest absolute Gasteiger partial charge is 0.282 e. The third kappa shape index (κ3) is 4.24. The highest BCUT2D eigenvalue weighted by molar-refractivity contribution is 9.10. The summed E-state index contributed by atoms with van der Waals surface area (Å²) < 4.78 is 2.29. The summed E-state index contributed by atoms with van der Waals surface area (Å²) in [4.78, 5) is 18.8. The van der Waals surface area contributed by atoms with Gasteiger partial charge in [-0.2, -0.15) is 9.78 Å². The number of unbranched alkanes of at least 4 members (excludes halogenated alkanes) is 1. The first kappa shape index (κ1) is 18.9. The maximum Gasteiger partial charge on any atom is 0.282 e. The zero-order chi connectivity index (χ0) is 18.5. The topological polar surface area (TPSA) is 47.2 Å². The van der Waals surface area contributed by atoms with Gasteiger partial charge in [-0.05, 0) is 48.6 Å². The van der Waals surface area contributed by atoms with Gasteiger partial charge in [0.1, 0.15) is 5.82 Å². The monoisotopic (exact) mass is 429 g/mol. The summed E-state index contributed by atoms with van der Waals surface area (Å²) in [5.41, 5.74) is 1.52. The summed E-state index contributed by atoms with van der Waals surface area (Å²) in [6.07, 6.45) is 6.48. The summed E-state index contributed by atoms with van der Waals surface area (Å²) in [6, 6.07) is 13.7. The Labute approximate surface area is 165 Å². The molecule has 0 saturated heterocycles. The van der Waals surface area contributed by atoms with Crippen molar-refractivity contribution < 1.29 is 0 Å². The smallest absolute Gasteiger partial charge is 0.267 e. The molecule has 134 valence electrons. The summed E-state index contributed by atoms with van der Waals surface area (Å²) in [6.45, 7) is 2.12. The highest BCUT2D eigenvalue weighted by Gasteiger charge is 2.10. The van der Waals surface area contributed by atoms with Crippen LogP contribution in [-0.4, -0.2) is 22.1 Å². The van der Waals surface area contributed by atoms with Crippen LogP contribution in [-0.2, 0) is 6.42 Å². The summed E-state index contributed by atoms with van der Waals surface area (Å²) in [5.74, 6) is 0.698. The second kappa shape index (κ2) is 8.64. The van der Waals surface area contributed by atoms with E-state index in [1.165, 1.54) is 9.57 Å². The molecule has 0 fully saturated rings. The Morgan fingerprint density at radius 1 is 1.23 bits per heavy atom. The van der Waals surface area contributed by atoms with E-state index in [0.717, 1.165) is 29.3 Å². The number of hydrogen-bond acceptors (Lipinski definition) is 4. The molecule has 0 aliphatic heterocycles. The van der Waals surface area contributed by atoms with E-state index < -0.39 is 0 Å². The molecule has 0 aliphatic carbocycles. The summed E-state index contributed by atoms with van der Waals surface area (Å²) >= 11 is 5.12. The van der Waals surface area contributed by atoms with Crippen molar-refractivity contribution in [1.29, 1.82) is 0 Å². The predicted octanol–water partition coefficient (Wildman–Crippen LogP) is 5.11. The number of aryl methyl sites for hydroxylation is 1. The third-order valence-electron chi connectivity index (χ3n) is 4.07. The average Bonchev–Trinajstić information content (AvgIpc) is 2.66. The average molecular weight is 430 g/mol. The molecule has 6 heteroatoms. The van der Waals surface area contributed by atoms with Crippen LogP contribution in [0, 0.1) is 0 Å². The number of halogens is 1. The Morgan fingerprint density at radius 3 is 2.69 bits per heavy atom. The van der Waals surface area contributed by atoms with E-state index in [4.69, 9.17) is 0 Å². The molecule has 3 rings (SSSR count). The summed E-state index contributed by atoms with van der Waals surface area (Å²) in [5, 5.41) is 5.02. The molecule has 0 atom stereocenters.